The Balaban J connectivity index is 1.77. The molecule has 1 atom stereocenters. The summed E-state index contributed by atoms with van der Waals surface area (Å²) in [6, 6.07) is 10.3. The van der Waals surface area contributed by atoms with Gasteiger partial charge in [-0.15, -0.1) is 0 Å². The summed E-state index contributed by atoms with van der Waals surface area (Å²) in [5.74, 6) is 0.397. The van der Waals surface area contributed by atoms with Crippen molar-refractivity contribution in [2.75, 3.05) is 19.6 Å². The molecular formula is C14H20N2O. The Morgan fingerprint density at radius 1 is 1.18 bits per heavy atom. The van der Waals surface area contributed by atoms with Crippen LogP contribution in [0.5, 0.6) is 0 Å². The number of ketones is 1. The summed E-state index contributed by atoms with van der Waals surface area (Å²) in [5, 5.41) is 0. The molecular weight excluding hydrogens is 212 g/mol. The zero-order chi connectivity index (χ0) is 12.1. The first-order valence-electron chi connectivity index (χ1n) is 6.30. The molecule has 2 N–H and O–H groups in total. The number of benzene rings is 1. The molecule has 1 fully saturated rings. The number of likely N-dealkylation sites (tertiary alicyclic amines) is 1. The molecule has 0 aromatic heterocycles. The Hall–Kier alpha value is -1.19. The van der Waals surface area contributed by atoms with Gasteiger partial charge in [0, 0.05) is 32.0 Å². The second kappa shape index (κ2) is 5.94. The Bertz CT molecular complexity index is 354. The molecule has 3 nitrogen and oxygen atoms in total. The molecule has 1 aromatic rings. The van der Waals surface area contributed by atoms with Gasteiger partial charge in [0.15, 0.2) is 0 Å². The van der Waals surface area contributed by atoms with Gasteiger partial charge in [0.2, 0.25) is 0 Å². The largest absolute Gasteiger partial charge is 0.324 e. The number of nitrogens with two attached hydrogens (primary N) is 1. The van der Waals surface area contributed by atoms with Crippen molar-refractivity contribution in [3.63, 3.8) is 0 Å². The number of hydrogen-bond donors (Lipinski definition) is 1. The van der Waals surface area contributed by atoms with Crippen molar-refractivity contribution in [3.8, 4) is 0 Å². The van der Waals surface area contributed by atoms with E-state index in [1.807, 2.05) is 18.2 Å². The fraction of sp³-hybridized carbons (Fsp3) is 0.500. The van der Waals surface area contributed by atoms with Gasteiger partial charge in [-0.2, -0.15) is 0 Å². The van der Waals surface area contributed by atoms with Crippen molar-refractivity contribution in [2.24, 2.45) is 5.73 Å². The van der Waals surface area contributed by atoms with Crippen LogP contribution in [0.1, 0.15) is 30.9 Å². The summed E-state index contributed by atoms with van der Waals surface area (Å²) in [4.78, 5) is 13.5. The molecule has 2 rings (SSSR count). The summed E-state index contributed by atoms with van der Waals surface area (Å²) >= 11 is 0. The van der Waals surface area contributed by atoms with E-state index >= 15 is 0 Å². The Kier molecular flexibility index (Phi) is 4.29. The van der Waals surface area contributed by atoms with Crippen LogP contribution < -0.4 is 5.73 Å². The van der Waals surface area contributed by atoms with Crippen LogP contribution in [-0.4, -0.2) is 30.3 Å². The molecule has 1 aliphatic rings. The third kappa shape index (κ3) is 3.65. The summed E-state index contributed by atoms with van der Waals surface area (Å²) in [6.07, 6.45) is 2.37. The molecule has 1 aromatic carbocycles. The minimum atomic E-state index is 0.105. The van der Waals surface area contributed by atoms with Crippen molar-refractivity contribution >= 4 is 5.78 Å². The topological polar surface area (TPSA) is 46.3 Å². The Morgan fingerprint density at radius 2 is 1.82 bits per heavy atom. The molecule has 0 radical (unpaired) electrons. The molecule has 3 heteroatoms. The molecule has 92 valence electrons. The highest BCUT2D eigenvalue weighted by Crippen LogP contribution is 2.15. The van der Waals surface area contributed by atoms with E-state index in [4.69, 9.17) is 5.73 Å². The second-order valence-electron chi connectivity index (χ2n) is 4.69. The monoisotopic (exact) mass is 232 g/mol. The first kappa shape index (κ1) is 12.3. The lowest BCUT2D eigenvalue weighted by Crippen LogP contribution is -2.35. The van der Waals surface area contributed by atoms with E-state index in [1.54, 1.807) is 0 Å². The molecule has 1 unspecified atom stereocenters. The molecule has 1 saturated heterocycles. The number of hydrogen-bond acceptors (Lipinski definition) is 3. The third-order valence-electron chi connectivity index (χ3n) is 3.40. The Morgan fingerprint density at radius 3 is 2.47 bits per heavy atom. The zero-order valence-electron chi connectivity index (χ0n) is 10.1. The average molecular weight is 232 g/mol. The fourth-order valence-electron chi connectivity index (χ4n) is 2.21. The van der Waals surface area contributed by atoms with Crippen LogP contribution in [-0.2, 0) is 4.79 Å². The van der Waals surface area contributed by atoms with E-state index in [2.05, 4.69) is 17.0 Å². The molecule has 17 heavy (non-hydrogen) atoms. The summed E-state index contributed by atoms with van der Waals surface area (Å²) in [6.45, 7) is 2.80. The lowest BCUT2D eigenvalue weighted by molar-refractivity contribution is -0.121. The van der Waals surface area contributed by atoms with Gasteiger partial charge in [0.25, 0.3) is 0 Å². The molecule has 1 aliphatic heterocycles. The van der Waals surface area contributed by atoms with Crippen molar-refractivity contribution in [2.45, 2.75) is 25.3 Å². The minimum Gasteiger partial charge on any atom is -0.324 e. The summed E-state index contributed by atoms with van der Waals surface area (Å²) in [5.41, 5.74) is 7.34. The quantitative estimate of drug-likeness (QED) is 0.860. The smallest absolute Gasteiger partial charge is 0.135 e. The zero-order valence-corrected chi connectivity index (χ0v) is 10.1. The van der Waals surface area contributed by atoms with Gasteiger partial charge in [0.1, 0.15) is 5.78 Å². The molecule has 0 spiro atoms. The van der Waals surface area contributed by atoms with E-state index in [-0.39, 0.29) is 6.04 Å². The maximum atomic E-state index is 11.1. The standard InChI is InChI=1S/C14H20N2O/c15-14(12-4-2-1-3-5-12)8-11-16-9-6-13(17)7-10-16/h1-5,14H,6-11,15H2. The van der Waals surface area contributed by atoms with Crippen molar-refractivity contribution < 1.29 is 4.79 Å². The minimum absolute atomic E-state index is 0.105. The molecule has 0 aliphatic carbocycles. The van der Waals surface area contributed by atoms with E-state index in [1.165, 1.54) is 5.56 Å². The van der Waals surface area contributed by atoms with Gasteiger partial charge in [-0.25, -0.2) is 0 Å². The predicted molar refractivity (Wildman–Crippen MR) is 68.7 cm³/mol. The fourth-order valence-corrected chi connectivity index (χ4v) is 2.21. The third-order valence-corrected chi connectivity index (χ3v) is 3.40. The van der Waals surface area contributed by atoms with Crippen molar-refractivity contribution in [1.82, 2.24) is 4.90 Å². The van der Waals surface area contributed by atoms with E-state index in [0.717, 1.165) is 26.1 Å². The highest BCUT2D eigenvalue weighted by molar-refractivity contribution is 5.79. The first-order valence-corrected chi connectivity index (χ1v) is 6.30. The lowest BCUT2D eigenvalue weighted by atomic mass is 10.0. The molecule has 1 heterocycles. The van der Waals surface area contributed by atoms with Crippen LogP contribution in [0.2, 0.25) is 0 Å². The van der Waals surface area contributed by atoms with Crippen LogP contribution in [0.4, 0.5) is 0 Å². The molecule has 0 bridgehead atoms. The lowest BCUT2D eigenvalue weighted by Gasteiger charge is -2.26. The van der Waals surface area contributed by atoms with E-state index in [9.17, 15) is 4.79 Å². The van der Waals surface area contributed by atoms with Crippen LogP contribution >= 0.6 is 0 Å². The van der Waals surface area contributed by atoms with Gasteiger partial charge in [0.05, 0.1) is 0 Å². The SMILES string of the molecule is NC(CCN1CCC(=O)CC1)c1ccccc1. The van der Waals surface area contributed by atoms with Crippen LogP contribution in [0.3, 0.4) is 0 Å². The summed E-state index contributed by atoms with van der Waals surface area (Å²) in [7, 11) is 0. The highest BCUT2D eigenvalue weighted by atomic mass is 16.1. The van der Waals surface area contributed by atoms with Crippen LogP contribution in [0.15, 0.2) is 30.3 Å². The second-order valence-corrected chi connectivity index (χ2v) is 4.69. The van der Waals surface area contributed by atoms with Gasteiger partial charge in [-0.3, -0.25) is 4.79 Å². The molecule has 0 saturated carbocycles. The number of nitrogens with zero attached hydrogens (tertiary/aromatic N) is 1. The van der Waals surface area contributed by atoms with Crippen LogP contribution in [0, 0.1) is 0 Å². The maximum absolute atomic E-state index is 11.1. The Labute approximate surface area is 103 Å². The number of rotatable bonds is 4. The number of carbonyl (C=O) groups excluding carboxylic acids is 1. The highest BCUT2D eigenvalue weighted by Gasteiger charge is 2.16. The maximum Gasteiger partial charge on any atom is 0.135 e. The van der Waals surface area contributed by atoms with Crippen molar-refractivity contribution in [1.29, 1.82) is 0 Å². The van der Waals surface area contributed by atoms with E-state index in [0.29, 0.717) is 18.6 Å². The normalized spacial score (nSPS) is 19.2. The number of Topliss-reactive ketones (excluding diaryl/α,β-unsaturated/α-hetero) is 1. The van der Waals surface area contributed by atoms with Crippen LogP contribution in [0.25, 0.3) is 0 Å². The first-order chi connectivity index (χ1) is 8.25. The number of piperidine rings is 1. The molecule has 0 amide bonds. The number of carbonyl (C=O) groups is 1. The average Bonchev–Trinajstić information content (AvgIpc) is 2.39. The van der Waals surface area contributed by atoms with E-state index < -0.39 is 0 Å². The summed E-state index contributed by atoms with van der Waals surface area (Å²) < 4.78 is 0. The van der Waals surface area contributed by atoms with Gasteiger partial charge < -0.3 is 10.6 Å². The predicted octanol–water partition coefficient (Wildman–Crippen LogP) is 1.74. The van der Waals surface area contributed by atoms with Gasteiger partial charge in [-0.05, 0) is 18.5 Å². The van der Waals surface area contributed by atoms with Crippen molar-refractivity contribution in [3.05, 3.63) is 35.9 Å². The van der Waals surface area contributed by atoms with Gasteiger partial charge in [-0.1, -0.05) is 30.3 Å². The van der Waals surface area contributed by atoms with Gasteiger partial charge >= 0.3 is 0 Å².